The highest BCUT2D eigenvalue weighted by Gasteiger charge is 2.45. The molecule has 7 rings (SSSR count). The molecule has 3 aliphatic rings. The summed E-state index contributed by atoms with van der Waals surface area (Å²) < 4.78 is 63.7. The van der Waals surface area contributed by atoms with E-state index in [2.05, 4.69) is 4.98 Å². The first-order valence-corrected chi connectivity index (χ1v) is 12.7. The van der Waals surface area contributed by atoms with Crippen molar-refractivity contribution in [2.24, 2.45) is 0 Å². The fourth-order valence-corrected chi connectivity index (χ4v) is 6.15. The Labute approximate surface area is 227 Å². The number of halogens is 2. The molecular formula is C29H26F2N4O4. The molecule has 1 amide bonds. The molecule has 2 aromatic heterocycles. The van der Waals surface area contributed by atoms with Gasteiger partial charge in [-0.15, -0.1) is 0 Å². The summed E-state index contributed by atoms with van der Waals surface area (Å²) in [6.07, 6.45) is 2.28. The topological polar surface area (TPSA) is 89.7 Å². The summed E-state index contributed by atoms with van der Waals surface area (Å²) in [4.78, 5) is 23.8. The highest BCUT2D eigenvalue weighted by atomic mass is 19.3. The van der Waals surface area contributed by atoms with Crippen molar-refractivity contribution in [1.82, 2.24) is 19.4 Å². The van der Waals surface area contributed by atoms with E-state index in [1.807, 2.05) is 29.7 Å². The van der Waals surface area contributed by atoms with Gasteiger partial charge in [-0.1, -0.05) is 19.1 Å². The third-order valence-corrected chi connectivity index (χ3v) is 8.07. The maximum Gasteiger partial charge on any atom is 0.387 e. The number of nitrogens with zero attached hydrogens (tertiary/aromatic N) is 4. The van der Waals surface area contributed by atoms with E-state index in [1.165, 1.54) is 18.2 Å². The van der Waals surface area contributed by atoms with Gasteiger partial charge in [0.05, 0.1) is 42.0 Å². The minimum absolute atomic E-state index is 0.00253. The first kappa shape index (κ1) is 21.0. The number of pyridine rings is 1. The molecule has 0 saturated heterocycles. The maximum absolute atomic E-state index is 13.6. The fraction of sp³-hybridized carbons (Fsp3) is 0.345. The quantitative estimate of drug-likeness (QED) is 0.398. The van der Waals surface area contributed by atoms with Crippen molar-refractivity contribution in [1.29, 1.82) is 0 Å². The van der Waals surface area contributed by atoms with Gasteiger partial charge in [-0.25, -0.2) is 4.98 Å². The normalized spacial score (nSPS) is 25.0. The number of aromatic nitrogens is 3. The molecular weight excluding hydrogens is 506 g/mol. The Hall–Kier alpha value is -3.89. The van der Waals surface area contributed by atoms with Gasteiger partial charge >= 0.3 is 6.61 Å². The Morgan fingerprint density at radius 2 is 2.13 bits per heavy atom. The van der Waals surface area contributed by atoms with Gasteiger partial charge < -0.3 is 24.0 Å². The van der Waals surface area contributed by atoms with Crippen LogP contribution in [0.2, 0.25) is 0 Å². The van der Waals surface area contributed by atoms with Crippen LogP contribution in [0.4, 0.5) is 8.78 Å². The largest absolute Gasteiger partial charge is 0.434 e. The number of hydrogen-bond donors (Lipinski definition) is 1. The number of hydrogen-bond acceptors (Lipinski definition) is 6. The Kier molecular flexibility index (Phi) is 4.61. The van der Waals surface area contributed by atoms with E-state index in [0.29, 0.717) is 35.6 Å². The molecule has 10 heteroatoms. The first-order chi connectivity index (χ1) is 20.0. The number of amides is 1. The van der Waals surface area contributed by atoms with Crippen LogP contribution in [0.3, 0.4) is 0 Å². The van der Waals surface area contributed by atoms with Gasteiger partial charge in [-0.3, -0.25) is 9.78 Å². The van der Waals surface area contributed by atoms with E-state index < -0.39 is 37.2 Å². The summed E-state index contributed by atoms with van der Waals surface area (Å²) in [7, 11) is 0. The summed E-state index contributed by atoms with van der Waals surface area (Å²) in [5.41, 5.74) is 3.19. The van der Waals surface area contributed by atoms with E-state index >= 15 is 0 Å². The molecule has 0 saturated carbocycles. The van der Waals surface area contributed by atoms with Crippen molar-refractivity contribution in [2.75, 3.05) is 13.6 Å². The van der Waals surface area contributed by atoms with Crippen LogP contribution in [0.15, 0.2) is 48.7 Å². The molecule has 8 nitrogen and oxygen atoms in total. The molecule has 2 bridgehead atoms. The molecule has 0 fully saturated rings. The molecule has 0 spiro atoms. The minimum atomic E-state index is -3.14. The van der Waals surface area contributed by atoms with E-state index in [9.17, 15) is 18.7 Å². The summed E-state index contributed by atoms with van der Waals surface area (Å²) in [6, 6.07) is 10.1. The molecule has 4 aromatic rings. The van der Waals surface area contributed by atoms with Gasteiger partial charge in [-0.2, -0.15) is 8.78 Å². The van der Waals surface area contributed by atoms with Crippen molar-refractivity contribution < 1.29 is 32.3 Å². The lowest BCUT2D eigenvalue weighted by atomic mass is 9.90. The van der Waals surface area contributed by atoms with Crippen LogP contribution in [0, 0.1) is 0 Å². The zero-order chi connectivity index (χ0) is 29.6. The molecule has 0 aliphatic carbocycles. The summed E-state index contributed by atoms with van der Waals surface area (Å²) in [5, 5.41) is 11.0. The molecule has 39 heavy (non-hydrogen) atoms. The van der Waals surface area contributed by atoms with E-state index in [-0.39, 0.29) is 29.9 Å². The highest BCUT2D eigenvalue weighted by molar-refractivity contribution is 5.98. The number of carbonyl (C=O) groups is 1. The summed E-state index contributed by atoms with van der Waals surface area (Å²) in [6.45, 7) is -3.58. The van der Waals surface area contributed by atoms with Gasteiger partial charge in [0.2, 0.25) is 0 Å². The number of aliphatic hydroxyl groups is 1. The van der Waals surface area contributed by atoms with Gasteiger partial charge in [0.25, 0.3) is 5.91 Å². The Morgan fingerprint density at radius 3 is 2.92 bits per heavy atom. The highest BCUT2D eigenvalue weighted by Crippen LogP contribution is 2.50. The standard InChI is InChI=1S/C29H26F2N4O4/c1-3-29(37)14-38-13-17-9-16(12-32-25(17)29)15-7-8-19-20(10-15)35-21-11-22(26(35)33-19)34(2)27(36)18-5-4-6-23(24(18)21)39-28(30)31/h4-10,12,21-22,28,37H,3,11,13-14H2,1-2H3/t21-,22-,29?/m1/s1/i2D3. The average molecular weight is 536 g/mol. The van der Waals surface area contributed by atoms with E-state index in [1.54, 1.807) is 12.3 Å². The summed E-state index contributed by atoms with van der Waals surface area (Å²) in [5.74, 6) is -0.607. The van der Waals surface area contributed by atoms with Gasteiger partial charge in [0.1, 0.15) is 17.2 Å². The van der Waals surface area contributed by atoms with Crippen LogP contribution >= 0.6 is 0 Å². The van der Waals surface area contributed by atoms with E-state index in [4.69, 9.17) is 18.6 Å². The van der Waals surface area contributed by atoms with Gasteiger partial charge in [-0.05, 0) is 42.3 Å². The van der Waals surface area contributed by atoms with Crippen molar-refractivity contribution >= 4 is 16.9 Å². The molecule has 2 aromatic carbocycles. The van der Waals surface area contributed by atoms with Crippen LogP contribution in [-0.2, 0) is 16.9 Å². The Bertz CT molecular complexity index is 1760. The summed E-state index contributed by atoms with van der Waals surface area (Å²) >= 11 is 0. The Balaban J connectivity index is 1.41. The molecule has 3 atom stereocenters. The average Bonchev–Trinajstić information content (AvgIpc) is 3.45. The number of rotatable bonds is 4. The molecule has 3 aliphatic heterocycles. The lowest BCUT2D eigenvalue weighted by Gasteiger charge is -2.32. The SMILES string of the molecule is [2H]C([2H])([2H])N1C(=O)c2cccc(OC(F)F)c2[C@H]2C[C@@H]1c1nc3ccc(-c4cnc5c(c4)COCC5(O)CC)cc3n12. The second-order valence-corrected chi connectivity index (χ2v) is 10.2. The van der Waals surface area contributed by atoms with Crippen LogP contribution in [-0.4, -0.2) is 50.6 Å². The smallest absolute Gasteiger partial charge is 0.387 e. The molecule has 1 unspecified atom stereocenters. The van der Waals surface area contributed by atoms with Crippen LogP contribution in [0.1, 0.15) is 69.0 Å². The number of fused-ring (bicyclic) bond motifs is 10. The van der Waals surface area contributed by atoms with Crippen LogP contribution < -0.4 is 4.74 Å². The minimum Gasteiger partial charge on any atom is -0.434 e. The monoisotopic (exact) mass is 535 g/mol. The number of alkyl halides is 2. The van der Waals surface area contributed by atoms with Crippen molar-refractivity contribution in [2.45, 2.75) is 50.7 Å². The van der Waals surface area contributed by atoms with Crippen molar-refractivity contribution in [3.63, 3.8) is 0 Å². The van der Waals surface area contributed by atoms with Crippen LogP contribution in [0.25, 0.3) is 22.2 Å². The Morgan fingerprint density at radius 1 is 1.26 bits per heavy atom. The van der Waals surface area contributed by atoms with E-state index in [0.717, 1.165) is 21.6 Å². The molecule has 200 valence electrons. The predicted octanol–water partition coefficient (Wildman–Crippen LogP) is 4.95. The lowest BCUT2D eigenvalue weighted by Crippen LogP contribution is -2.36. The van der Waals surface area contributed by atoms with Gasteiger partial charge in [0.15, 0.2) is 0 Å². The molecule has 0 radical (unpaired) electrons. The third kappa shape index (κ3) is 3.51. The predicted molar refractivity (Wildman–Crippen MR) is 137 cm³/mol. The fourth-order valence-electron chi connectivity index (χ4n) is 6.15. The second-order valence-electron chi connectivity index (χ2n) is 10.2. The first-order valence-electron chi connectivity index (χ1n) is 14.2. The zero-order valence-electron chi connectivity index (χ0n) is 23.9. The van der Waals surface area contributed by atoms with Gasteiger partial charge in [0, 0.05) is 46.0 Å². The number of carbonyl (C=O) groups excluding carboxylic acids is 1. The number of benzene rings is 2. The molecule has 5 heterocycles. The number of imidazole rings is 1. The second kappa shape index (κ2) is 8.56. The van der Waals surface area contributed by atoms with Crippen molar-refractivity contribution in [3.05, 3.63) is 76.9 Å². The number of ether oxygens (including phenoxy) is 2. The third-order valence-electron chi connectivity index (χ3n) is 8.07. The van der Waals surface area contributed by atoms with Crippen molar-refractivity contribution in [3.8, 4) is 16.9 Å². The van der Waals surface area contributed by atoms with Crippen LogP contribution in [0.5, 0.6) is 5.75 Å². The molecule has 1 N–H and O–H groups in total. The lowest BCUT2D eigenvalue weighted by molar-refractivity contribution is -0.0783. The zero-order valence-corrected chi connectivity index (χ0v) is 20.9. The maximum atomic E-state index is 13.6.